The topological polar surface area (TPSA) is 79.5 Å². The highest BCUT2D eigenvalue weighted by Gasteiger charge is 2.34. The number of rotatable bonds is 5. The van der Waals surface area contributed by atoms with Crippen molar-refractivity contribution >= 4 is 11.9 Å². The number of furan rings is 1. The standard InChI is InChI=1S/C17H16F3NO4/c1-16(2,10-4-3-5-11(8-10)17(18,19)20)15(24)21-9-12-6-7-13(25-12)14(22)23/h3-8H,9H2,1-2H3,(H,21,24)(H,22,23). The van der Waals surface area contributed by atoms with Gasteiger partial charge in [0.15, 0.2) is 0 Å². The second-order valence-electron chi connectivity index (χ2n) is 5.96. The normalized spacial score (nSPS) is 12.0. The summed E-state index contributed by atoms with van der Waals surface area (Å²) in [7, 11) is 0. The number of aromatic carboxylic acids is 1. The van der Waals surface area contributed by atoms with E-state index in [9.17, 15) is 22.8 Å². The summed E-state index contributed by atoms with van der Waals surface area (Å²) in [4.78, 5) is 23.1. The Hall–Kier alpha value is -2.77. The third-order valence-corrected chi connectivity index (χ3v) is 3.77. The van der Waals surface area contributed by atoms with Gasteiger partial charge in [0.1, 0.15) is 5.76 Å². The number of halogens is 3. The number of carboxylic acid groups (broad SMARTS) is 1. The highest BCUT2D eigenvalue weighted by Crippen LogP contribution is 2.33. The van der Waals surface area contributed by atoms with Gasteiger partial charge in [-0.3, -0.25) is 4.79 Å². The van der Waals surface area contributed by atoms with Crippen LogP contribution >= 0.6 is 0 Å². The van der Waals surface area contributed by atoms with E-state index in [1.165, 1.54) is 38.1 Å². The second kappa shape index (κ2) is 6.62. The molecule has 0 bridgehead atoms. The number of hydrogen-bond donors (Lipinski definition) is 2. The van der Waals surface area contributed by atoms with Gasteiger partial charge in [0.05, 0.1) is 17.5 Å². The van der Waals surface area contributed by atoms with Crippen molar-refractivity contribution in [1.82, 2.24) is 5.32 Å². The predicted octanol–water partition coefficient (Wildman–Crippen LogP) is 3.59. The maximum Gasteiger partial charge on any atom is 0.416 e. The van der Waals surface area contributed by atoms with Crippen molar-refractivity contribution < 1.29 is 32.3 Å². The minimum Gasteiger partial charge on any atom is -0.475 e. The highest BCUT2D eigenvalue weighted by atomic mass is 19.4. The number of alkyl halides is 3. The lowest BCUT2D eigenvalue weighted by Gasteiger charge is -2.25. The Morgan fingerprint density at radius 3 is 2.32 bits per heavy atom. The van der Waals surface area contributed by atoms with Crippen LogP contribution in [0.15, 0.2) is 40.8 Å². The lowest BCUT2D eigenvalue weighted by Crippen LogP contribution is -2.39. The van der Waals surface area contributed by atoms with Crippen LogP contribution in [0, 0.1) is 0 Å². The third kappa shape index (κ3) is 4.20. The molecule has 5 nitrogen and oxygen atoms in total. The molecule has 0 aliphatic carbocycles. The van der Waals surface area contributed by atoms with Crippen LogP contribution in [0.2, 0.25) is 0 Å². The molecule has 0 saturated carbocycles. The van der Waals surface area contributed by atoms with Crippen LogP contribution in [-0.4, -0.2) is 17.0 Å². The molecule has 2 rings (SSSR count). The molecule has 0 atom stereocenters. The van der Waals surface area contributed by atoms with Crippen LogP contribution in [0.3, 0.4) is 0 Å². The largest absolute Gasteiger partial charge is 0.475 e. The van der Waals surface area contributed by atoms with E-state index in [2.05, 4.69) is 5.32 Å². The van der Waals surface area contributed by atoms with Gasteiger partial charge >= 0.3 is 12.1 Å². The molecule has 0 aliphatic heterocycles. The predicted molar refractivity (Wildman–Crippen MR) is 82.0 cm³/mol. The zero-order chi connectivity index (χ0) is 18.8. The minimum absolute atomic E-state index is 0.0749. The second-order valence-corrected chi connectivity index (χ2v) is 5.96. The zero-order valence-electron chi connectivity index (χ0n) is 13.5. The zero-order valence-corrected chi connectivity index (χ0v) is 13.5. The summed E-state index contributed by atoms with van der Waals surface area (Å²) in [6.07, 6.45) is -4.50. The van der Waals surface area contributed by atoms with Gasteiger partial charge in [-0.1, -0.05) is 18.2 Å². The molecule has 25 heavy (non-hydrogen) atoms. The molecule has 1 aromatic heterocycles. The van der Waals surface area contributed by atoms with Crippen molar-refractivity contribution in [2.45, 2.75) is 32.0 Å². The Kier molecular flexibility index (Phi) is 4.92. The summed E-state index contributed by atoms with van der Waals surface area (Å²) in [6, 6.07) is 7.23. The molecule has 134 valence electrons. The van der Waals surface area contributed by atoms with Crippen molar-refractivity contribution in [3.8, 4) is 0 Å². The SMILES string of the molecule is CC(C)(C(=O)NCc1ccc(C(=O)O)o1)c1cccc(C(F)(F)F)c1. The molecule has 1 aromatic carbocycles. The van der Waals surface area contributed by atoms with Gasteiger partial charge in [0, 0.05) is 0 Å². The third-order valence-electron chi connectivity index (χ3n) is 3.77. The molecule has 0 radical (unpaired) electrons. The smallest absolute Gasteiger partial charge is 0.416 e. The Bertz CT molecular complexity index is 793. The van der Waals surface area contributed by atoms with E-state index >= 15 is 0 Å². The summed E-state index contributed by atoms with van der Waals surface area (Å²) in [5, 5.41) is 11.3. The molecular formula is C17H16F3NO4. The molecule has 0 aliphatic rings. The molecule has 1 amide bonds. The van der Waals surface area contributed by atoms with E-state index in [0.717, 1.165) is 12.1 Å². The first-order valence-electron chi connectivity index (χ1n) is 7.30. The van der Waals surface area contributed by atoms with Gasteiger partial charge in [0.25, 0.3) is 0 Å². The maximum atomic E-state index is 12.8. The quantitative estimate of drug-likeness (QED) is 0.859. The highest BCUT2D eigenvalue weighted by molar-refractivity contribution is 5.87. The van der Waals surface area contributed by atoms with Crippen LogP contribution in [-0.2, 0) is 22.9 Å². The monoisotopic (exact) mass is 355 g/mol. The molecule has 8 heteroatoms. The van der Waals surface area contributed by atoms with Gasteiger partial charge in [-0.15, -0.1) is 0 Å². The first-order valence-corrected chi connectivity index (χ1v) is 7.30. The Morgan fingerprint density at radius 1 is 1.12 bits per heavy atom. The fourth-order valence-electron chi connectivity index (χ4n) is 2.19. The van der Waals surface area contributed by atoms with E-state index in [1.54, 1.807) is 0 Å². The van der Waals surface area contributed by atoms with Crippen molar-refractivity contribution in [2.24, 2.45) is 0 Å². The van der Waals surface area contributed by atoms with Crippen LogP contribution in [0.5, 0.6) is 0 Å². The maximum absolute atomic E-state index is 12.8. The number of amides is 1. The fourth-order valence-corrected chi connectivity index (χ4v) is 2.19. The van der Waals surface area contributed by atoms with Crippen molar-refractivity contribution in [2.75, 3.05) is 0 Å². The van der Waals surface area contributed by atoms with Crippen molar-refractivity contribution in [3.05, 3.63) is 59.0 Å². The molecule has 2 aromatic rings. The number of carbonyl (C=O) groups excluding carboxylic acids is 1. The first-order chi connectivity index (χ1) is 11.5. The Balaban J connectivity index is 2.12. The van der Waals surface area contributed by atoms with Crippen molar-refractivity contribution in [1.29, 1.82) is 0 Å². The van der Waals surface area contributed by atoms with Gasteiger partial charge in [-0.25, -0.2) is 4.79 Å². The van der Waals surface area contributed by atoms with Crippen LogP contribution < -0.4 is 5.32 Å². The van der Waals surface area contributed by atoms with E-state index in [-0.39, 0.29) is 23.6 Å². The summed E-state index contributed by atoms with van der Waals surface area (Å²) < 4.78 is 43.5. The average molecular weight is 355 g/mol. The molecule has 0 fully saturated rings. The van der Waals surface area contributed by atoms with Crippen LogP contribution in [0.25, 0.3) is 0 Å². The van der Waals surface area contributed by atoms with E-state index in [4.69, 9.17) is 9.52 Å². The number of hydrogen-bond acceptors (Lipinski definition) is 3. The Morgan fingerprint density at radius 2 is 1.76 bits per heavy atom. The van der Waals surface area contributed by atoms with Crippen molar-refractivity contribution in [3.63, 3.8) is 0 Å². The summed E-state index contributed by atoms with van der Waals surface area (Å²) in [5.41, 5.74) is -1.84. The van der Waals surface area contributed by atoms with E-state index in [1.807, 2.05) is 0 Å². The minimum atomic E-state index is -4.50. The van der Waals surface area contributed by atoms with E-state index in [0.29, 0.717) is 0 Å². The average Bonchev–Trinajstić information content (AvgIpc) is 3.01. The number of nitrogens with one attached hydrogen (secondary N) is 1. The van der Waals surface area contributed by atoms with E-state index < -0.39 is 29.0 Å². The summed E-state index contributed by atoms with van der Waals surface area (Å²) in [6.45, 7) is 2.93. The van der Waals surface area contributed by atoms with Crippen LogP contribution in [0.4, 0.5) is 13.2 Å². The molecule has 0 spiro atoms. The van der Waals surface area contributed by atoms with Gasteiger partial charge < -0.3 is 14.8 Å². The van der Waals surface area contributed by atoms with Gasteiger partial charge in [0.2, 0.25) is 11.7 Å². The summed E-state index contributed by atoms with van der Waals surface area (Å²) >= 11 is 0. The summed E-state index contributed by atoms with van der Waals surface area (Å²) in [5.74, 6) is -1.78. The number of carboxylic acids is 1. The van der Waals surface area contributed by atoms with Crippen LogP contribution in [0.1, 0.15) is 41.3 Å². The fraction of sp³-hybridized carbons (Fsp3) is 0.294. The first kappa shape index (κ1) is 18.6. The van der Waals surface area contributed by atoms with Gasteiger partial charge in [-0.2, -0.15) is 13.2 Å². The Labute approximate surface area is 141 Å². The molecule has 0 saturated heterocycles. The molecule has 2 N–H and O–H groups in total. The molecular weight excluding hydrogens is 339 g/mol. The number of carbonyl (C=O) groups is 2. The van der Waals surface area contributed by atoms with Gasteiger partial charge in [-0.05, 0) is 37.6 Å². The molecule has 0 unspecified atom stereocenters. The lowest BCUT2D eigenvalue weighted by atomic mass is 9.83. The lowest BCUT2D eigenvalue weighted by molar-refractivity contribution is -0.138. The molecule has 1 heterocycles. The number of benzene rings is 1.